The van der Waals surface area contributed by atoms with Gasteiger partial charge < -0.3 is 5.32 Å². The van der Waals surface area contributed by atoms with Gasteiger partial charge in [0, 0.05) is 5.02 Å². The van der Waals surface area contributed by atoms with Crippen LogP contribution in [0.4, 0.5) is 5.69 Å². The minimum absolute atomic E-state index is 0.0802. The second-order valence-corrected chi connectivity index (χ2v) is 6.78. The van der Waals surface area contributed by atoms with Crippen molar-refractivity contribution in [3.63, 3.8) is 0 Å². The maximum Gasteiger partial charge on any atom is 0.337 e. The number of nitrogens with zero attached hydrogens (tertiary/aromatic N) is 3. The number of benzene rings is 1. The van der Waals surface area contributed by atoms with E-state index in [4.69, 9.17) is 34.8 Å². The van der Waals surface area contributed by atoms with Crippen LogP contribution in [0.5, 0.6) is 0 Å². The second kappa shape index (κ2) is 9.09. The largest absolute Gasteiger partial charge is 0.337 e. The number of halogens is 3. The summed E-state index contributed by atoms with van der Waals surface area (Å²) < 4.78 is 2.20. The first-order valence-corrected chi connectivity index (χ1v) is 8.95. The molecule has 0 aliphatic heterocycles. The highest BCUT2D eigenvalue weighted by atomic mass is 35.5. The van der Waals surface area contributed by atoms with E-state index < -0.39 is 29.5 Å². The average Bonchev–Trinajstić information content (AvgIpc) is 2.62. The summed E-state index contributed by atoms with van der Waals surface area (Å²) in [6, 6.07) is 2.75. The second-order valence-electron chi connectivity index (χ2n) is 5.53. The van der Waals surface area contributed by atoms with Crippen LogP contribution in [0.3, 0.4) is 0 Å². The molecule has 0 saturated carbocycles. The third kappa shape index (κ3) is 4.46. The lowest BCUT2D eigenvalue weighted by Gasteiger charge is -2.13. The Bertz CT molecular complexity index is 1060. The van der Waals surface area contributed by atoms with E-state index >= 15 is 0 Å². The molecule has 0 radical (unpaired) electrons. The molecule has 0 saturated heterocycles. The summed E-state index contributed by atoms with van der Waals surface area (Å²) in [7, 11) is 0. The number of amides is 1. The molecule has 1 heterocycles. The van der Waals surface area contributed by atoms with E-state index in [-0.39, 0.29) is 33.8 Å². The summed E-state index contributed by atoms with van der Waals surface area (Å²) in [6.07, 6.45) is 2.65. The predicted molar refractivity (Wildman–Crippen MR) is 110 cm³/mol. The number of aromatic nitrogens is 3. The fraction of sp³-hybridized carbons (Fsp3) is 0.176. The third-order valence-corrected chi connectivity index (χ3v) is 4.40. The van der Waals surface area contributed by atoms with Crippen molar-refractivity contribution in [2.45, 2.75) is 19.6 Å². The quantitative estimate of drug-likeness (QED) is 0.661. The molecule has 0 aliphatic carbocycles. The number of nitrogens with one attached hydrogen (secondary N) is 1. The fourth-order valence-corrected chi connectivity index (χ4v) is 3.28. The van der Waals surface area contributed by atoms with Crippen LogP contribution >= 0.6 is 34.8 Å². The fourth-order valence-electron chi connectivity index (χ4n) is 2.37. The van der Waals surface area contributed by atoms with E-state index in [1.165, 1.54) is 24.3 Å². The van der Waals surface area contributed by atoms with Gasteiger partial charge in [0.05, 0.1) is 28.8 Å². The Balaban J connectivity index is 2.48. The van der Waals surface area contributed by atoms with Crippen molar-refractivity contribution in [1.82, 2.24) is 13.7 Å². The maximum absolute atomic E-state index is 12.5. The first-order chi connectivity index (χ1) is 13.2. The molecule has 2 rings (SSSR count). The van der Waals surface area contributed by atoms with Crippen LogP contribution in [0, 0.1) is 0 Å². The molecule has 0 bridgehead atoms. The Hall–Kier alpha value is -2.55. The van der Waals surface area contributed by atoms with Crippen molar-refractivity contribution < 1.29 is 4.79 Å². The summed E-state index contributed by atoms with van der Waals surface area (Å²) in [5.41, 5.74) is -2.64. The summed E-state index contributed by atoms with van der Waals surface area (Å²) in [6.45, 7) is 6.02. The zero-order chi connectivity index (χ0) is 21.0. The molecule has 1 amide bonds. The van der Waals surface area contributed by atoms with Crippen LogP contribution in [0.15, 0.2) is 51.8 Å². The Labute approximate surface area is 173 Å². The first kappa shape index (κ1) is 21.7. The van der Waals surface area contributed by atoms with Crippen LogP contribution in [0.1, 0.15) is 0 Å². The lowest BCUT2D eigenvalue weighted by molar-refractivity contribution is -0.116. The molecule has 0 unspecified atom stereocenters. The predicted octanol–water partition coefficient (Wildman–Crippen LogP) is 2.14. The van der Waals surface area contributed by atoms with E-state index in [0.29, 0.717) is 4.57 Å². The van der Waals surface area contributed by atoms with Crippen LogP contribution < -0.4 is 22.4 Å². The Morgan fingerprint density at radius 2 is 1.32 bits per heavy atom. The van der Waals surface area contributed by atoms with Gasteiger partial charge in [-0.3, -0.25) is 4.79 Å². The van der Waals surface area contributed by atoms with Gasteiger partial charge in [-0.15, -0.1) is 13.2 Å². The van der Waals surface area contributed by atoms with Gasteiger partial charge in [-0.25, -0.2) is 28.1 Å². The number of carbonyl (C=O) groups is 1. The number of anilines is 1. The van der Waals surface area contributed by atoms with Gasteiger partial charge in [0.25, 0.3) is 0 Å². The number of hydrogen-bond acceptors (Lipinski definition) is 4. The summed E-state index contributed by atoms with van der Waals surface area (Å²) in [5.74, 6) is -0.751. The molecule has 148 valence electrons. The summed E-state index contributed by atoms with van der Waals surface area (Å²) >= 11 is 17.8. The van der Waals surface area contributed by atoms with Gasteiger partial charge in [-0.05, 0) is 12.1 Å². The van der Waals surface area contributed by atoms with Crippen LogP contribution in [-0.4, -0.2) is 19.6 Å². The molecule has 2 aromatic rings. The minimum atomic E-state index is -0.946. The van der Waals surface area contributed by atoms with Gasteiger partial charge in [0.1, 0.15) is 6.54 Å². The standard InChI is InChI=1S/C17H15Cl3N4O4/c1-3-5-22-15(26)23(6-4-2)17(28)24(16(22)27)9-13(25)21-14-11(19)7-10(18)8-12(14)20/h3-4,7-8H,1-2,5-6,9H2,(H,21,25). The molecule has 8 nitrogen and oxygen atoms in total. The lowest BCUT2D eigenvalue weighted by atomic mass is 10.3. The van der Waals surface area contributed by atoms with Crippen LogP contribution in [0.2, 0.25) is 15.1 Å². The molecule has 1 N–H and O–H groups in total. The van der Waals surface area contributed by atoms with Gasteiger partial charge in [0.15, 0.2) is 0 Å². The molecular weight excluding hydrogens is 431 g/mol. The smallest absolute Gasteiger partial charge is 0.322 e. The molecule has 0 atom stereocenters. The van der Waals surface area contributed by atoms with Crippen molar-refractivity contribution in [2.24, 2.45) is 0 Å². The number of rotatable bonds is 7. The first-order valence-electron chi connectivity index (χ1n) is 7.82. The van der Waals surface area contributed by atoms with Crippen LogP contribution in [0.25, 0.3) is 0 Å². The van der Waals surface area contributed by atoms with Crippen molar-refractivity contribution in [1.29, 1.82) is 0 Å². The van der Waals surface area contributed by atoms with E-state index in [9.17, 15) is 19.2 Å². The molecule has 0 fully saturated rings. The Kier molecular flexibility index (Phi) is 7.06. The highest BCUT2D eigenvalue weighted by molar-refractivity contribution is 6.42. The molecule has 11 heteroatoms. The Morgan fingerprint density at radius 3 is 1.75 bits per heavy atom. The number of allylic oxidation sites excluding steroid dienone is 2. The summed E-state index contributed by atoms with van der Waals surface area (Å²) in [5, 5.41) is 2.87. The minimum Gasteiger partial charge on any atom is -0.322 e. The highest BCUT2D eigenvalue weighted by Crippen LogP contribution is 2.33. The molecule has 28 heavy (non-hydrogen) atoms. The van der Waals surface area contributed by atoms with Crippen molar-refractivity contribution in [3.05, 3.63) is 84.0 Å². The molecular formula is C17H15Cl3N4O4. The normalized spacial score (nSPS) is 10.5. The third-order valence-electron chi connectivity index (χ3n) is 3.58. The van der Waals surface area contributed by atoms with Gasteiger partial charge >= 0.3 is 17.1 Å². The molecule has 1 aromatic carbocycles. The molecule has 0 spiro atoms. The summed E-state index contributed by atoms with van der Waals surface area (Å²) in [4.78, 5) is 49.7. The number of hydrogen-bond donors (Lipinski definition) is 1. The SMILES string of the molecule is C=CCn1c(=O)n(CC=C)c(=O)n(CC(=O)Nc2c(Cl)cc(Cl)cc2Cl)c1=O. The van der Waals surface area contributed by atoms with E-state index in [1.54, 1.807) is 0 Å². The van der Waals surface area contributed by atoms with Gasteiger partial charge in [-0.1, -0.05) is 47.0 Å². The van der Waals surface area contributed by atoms with Gasteiger partial charge in [0.2, 0.25) is 5.91 Å². The van der Waals surface area contributed by atoms with Crippen molar-refractivity contribution in [2.75, 3.05) is 5.32 Å². The molecule has 1 aromatic heterocycles. The van der Waals surface area contributed by atoms with E-state index in [0.717, 1.165) is 9.13 Å². The van der Waals surface area contributed by atoms with Gasteiger partial charge in [-0.2, -0.15) is 0 Å². The van der Waals surface area contributed by atoms with E-state index in [1.807, 2.05) is 0 Å². The highest BCUT2D eigenvalue weighted by Gasteiger charge is 2.18. The topological polar surface area (TPSA) is 95.1 Å². The van der Waals surface area contributed by atoms with Crippen LogP contribution in [-0.2, 0) is 24.4 Å². The maximum atomic E-state index is 12.5. The zero-order valence-electron chi connectivity index (χ0n) is 14.5. The van der Waals surface area contributed by atoms with Crippen molar-refractivity contribution >= 4 is 46.4 Å². The monoisotopic (exact) mass is 444 g/mol. The lowest BCUT2D eigenvalue weighted by Crippen LogP contribution is -2.55. The Morgan fingerprint density at radius 1 is 0.893 bits per heavy atom. The number of carbonyl (C=O) groups excluding carboxylic acids is 1. The van der Waals surface area contributed by atoms with Crippen molar-refractivity contribution in [3.8, 4) is 0 Å². The zero-order valence-corrected chi connectivity index (χ0v) is 16.7. The van der Waals surface area contributed by atoms with E-state index in [2.05, 4.69) is 18.5 Å². The molecule has 0 aliphatic rings. The average molecular weight is 446 g/mol.